The van der Waals surface area contributed by atoms with E-state index >= 15 is 0 Å². The highest BCUT2D eigenvalue weighted by Gasteiger charge is 2.02. The number of benzene rings is 2. The SMILES string of the molecule is CN=C(NCCc1ccc(-n2cccn2)cc1)NCc1cccc(COC(C)C)c1.I. The van der Waals surface area contributed by atoms with Crippen LogP contribution in [0.4, 0.5) is 0 Å². The molecule has 0 saturated carbocycles. The molecule has 3 aromatic rings. The Balaban J connectivity index is 0.00000341. The minimum absolute atomic E-state index is 0. The first-order valence-electron chi connectivity index (χ1n) is 10.4. The Morgan fingerprint density at radius 2 is 1.81 bits per heavy atom. The van der Waals surface area contributed by atoms with Gasteiger partial charge < -0.3 is 15.4 Å². The molecule has 31 heavy (non-hydrogen) atoms. The van der Waals surface area contributed by atoms with Gasteiger partial charge in [0.1, 0.15) is 0 Å². The monoisotopic (exact) mass is 533 g/mol. The number of nitrogens with zero attached hydrogens (tertiary/aromatic N) is 3. The molecule has 0 fully saturated rings. The van der Waals surface area contributed by atoms with Crippen LogP contribution in [0.25, 0.3) is 5.69 Å². The number of halogens is 1. The number of guanidine groups is 1. The molecular weight excluding hydrogens is 501 g/mol. The third-order valence-corrected chi connectivity index (χ3v) is 4.67. The molecule has 0 bridgehead atoms. The maximum atomic E-state index is 5.69. The fourth-order valence-electron chi connectivity index (χ4n) is 3.06. The Kier molecular flexibility index (Phi) is 10.5. The molecule has 0 unspecified atom stereocenters. The van der Waals surface area contributed by atoms with Crippen LogP contribution in [0.15, 0.2) is 72.0 Å². The molecule has 0 aliphatic heterocycles. The van der Waals surface area contributed by atoms with Gasteiger partial charge in [0, 0.05) is 32.5 Å². The van der Waals surface area contributed by atoms with Crippen LogP contribution in [0, 0.1) is 0 Å². The maximum absolute atomic E-state index is 5.69. The highest BCUT2D eigenvalue weighted by Crippen LogP contribution is 2.09. The minimum Gasteiger partial charge on any atom is -0.374 e. The van der Waals surface area contributed by atoms with Crippen LogP contribution in [0.1, 0.15) is 30.5 Å². The van der Waals surface area contributed by atoms with Crippen LogP contribution in [-0.4, -0.2) is 35.4 Å². The summed E-state index contributed by atoms with van der Waals surface area (Å²) >= 11 is 0. The van der Waals surface area contributed by atoms with Crippen molar-refractivity contribution in [2.45, 2.75) is 39.5 Å². The van der Waals surface area contributed by atoms with Gasteiger partial charge in [-0.2, -0.15) is 5.10 Å². The van der Waals surface area contributed by atoms with Gasteiger partial charge >= 0.3 is 0 Å². The van der Waals surface area contributed by atoms with Crippen LogP contribution >= 0.6 is 24.0 Å². The smallest absolute Gasteiger partial charge is 0.191 e. The maximum Gasteiger partial charge on any atom is 0.191 e. The van der Waals surface area contributed by atoms with E-state index < -0.39 is 0 Å². The summed E-state index contributed by atoms with van der Waals surface area (Å²) in [6, 6.07) is 18.8. The van der Waals surface area contributed by atoms with Crippen molar-refractivity contribution < 1.29 is 4.74 Å². The van der Waals surface area contributed by atoms with Gasteiger partial charge in [-0.1, -0.05) is 36.4 Å². The first kappa shape index (κ1) is 24.9. The molecule has 2 aromatic carbocycles. The Labute approximate surface area is 202 Å². The van der Waals surface area contributed by atoms with Crippen molar-refractivity contribution in [3.63, 3.8) is 0 Å². The summed E-state index contributed by atoms with van der Waals surface area (Å²) in [5, 5.41) is 11.0. The predicted octanol–water partition coefficient (Wildman–Crippen LogP) is 4.32. The van der Waals surface area contributed by atoms with Crippen LogP contribution in [0.5, 0.6) is 0 Å². The van der Waals surface area contributed by atoms with Crippen LogP contribution < -0.4 is 10.6 Å². The van der Waals surface area contributed by atoms with Crippen molar-refractivity contribution in [2.24, 2.45) is 4.99 Å². The van der Waals surface area contributed by atoms with Crippen molar-refractivity contribution >= 4 is 29.9 Å². The number of rotatable bonds is 9. The first-order valence-corrected chi connectivity index (χ1v) is 10.4. The van der Waals surface area contributed by atoms with Gasteiger partial charge in [0.2, 0.25) is 0 Å². The lowest BCUT2D eigenvalue weighted by molar-refractivity contribution is 0.0657. The molecule has 6 nitrogen and oxygen atoms in total. The van der Waals surface area contributed by atoms with Crippen molar-refractivity contribution in [1.29, 1.82) is 0 Å². The zero-order valence-corrected chi connectivity index (χ0v) is 20.7. The third-order valence-electron chi connectivity index (χ3n) is 4.67. The second-order valence-electron chi connectivity index (χ2n) is 7.40. The molecule has 0 saturated heterocycles. The fraction of sp³-hybridized carbons (Fsp3) is 0.333. The molecule has 2 N–H and O–H groups in total. The molecule has 0 radical (unpaired) electrons. The van der Waals surface area contributed by atoms with E-state index in [-0.39, 0.29) is 30.1 Å². The molecule has 0 spiro atoms. The van der Waals surface area contributed by atoms with Crippen LogP contribution in [0.3, 0.4) is 0 Å². The summed E-state index contributed by atoms with van der Waals surface area (Å²) in [4.78, 5) is 4.32. The van der Waals surface area contributed by atoms with E-state index in [1.807, 2.05) is 16.9 Å². The van der Waals surface area contributed by atoms with E-state index in [9.17, 15) is 0 Å². The Hall–Kier alpha value is -2.39. The van der Waals surface area contributed by atoms with Crippen molar-refractivity contribution in [3.8, 4) is 5.69 Å². The Bertz CT molecular complexity index is 923. The summed E-state index contributed by atoms with van der Waals surface area (Å²) in [7, 11) is 1.79. The van der Waals surface area contributed by atoms with E-state index in [0.717, 1.165) is 24.6 Å². The average Bonchev–Trinajstić information content (AvgIpc) is 3.30. The summed E-state index contributed by atoms with van der Waals surface area (Å²) < 4.78 is 7.55. The van der Waals surface area contributed by atoms with Gasteiger partial charge in [0.25, 0.3) is 0 Å². The van der Waals surface area contributed by atoms with E-state index in [1.54, 1.807) is 13.2 Å². The normalized spacial score (nSPS) is 11.3. The first-order chi connectivity index (χ1) is 14.6. The summed E-state index contributed by atoms with van der Waals surface area (Å²) in [5.41, 5.74) is 4.73. The minimum atomic E-state index is 0. The predicted molar refractivity (Wildman–Crippen MR) is 137 cm³/mol. The number of ether oxygens (including phenoxy) is 1. The standard InChI is InChI=1S/C24H31N5O.HI/c1-19(2)30-18-22-7-4-6-21(16-22)17-27-24(25-3)26-14-12-20-8-10-23(11-9-20)29-15-5-13-28-29;/h4-11,13,15-16,19H,12,14,17-18H2,1-3H3,(H2,25,26,27);1H. The van der Waals surface area contributed by atoms with Gasteiger partial charge in [-0.25, -0.2) is 4.68 Å². The summed E-state index contributed by atoms with van der Waals surface area (Å²) in [6.07, 6.45) is 4.88. The van der Waals surface area contributed by atoms with Gasteiger partial charge in [-0.05, 0) is 55.2 Å². The quantitative estimate of drug-likeness (QED) is 0.244. The molecule has 0 amide bonds. The molecule has 7 heteroatoms. The van der Waals surface area contributed by atoms with Crippen molar-refractivity contribution in [2.75, 3.05) is 13.6 Å². The van der Waals surface area contributed by atoms with E-state index in [2.05, 4.69) is 83.1 Å². The lowest BCUT2D eigenvalue weighted by atomic mass is 10.1. The average molecular weight is 533 g/mol. The largest absolute Gasteiger partial charge is 0.374 e. The molecular formula is C24H32IN5O. The summed E-state index contributed by atoms with van der Waals surface area (Å²) in [5.74, 6) is 0.798. The zero-order valence-electron chi connectivity index (χ0n) is 18.4. The zero-order chi connectivity index (χ0) is 21.2. The van der Waals surface area contributed by atoms with Gasteiger partial charge in [0.15, 0.2) is 5.96 Å². The van der Waals surface area contributed by atoms with Crippen molar-refractivity contribution in [3.05, 3.63) is 83.7 Å². The van der Waals surface area contributed by atoms with Gasteiger partial charge in [-0.15, -0.1) is 24.0 Å². The lowest BCUT2D eigenvalue weighted by Crippen LogP contribution is -2.37. The topological polar surface area (TPSA) is 63.5 Å². The fourth-order valence-corrected chi connectivity index (χ4v) is 3.06. The Morgan fingerprint density at radius 1 is 1.03 bits per heavy atom. The van der Waals surface area contributed by atoms with Crippen molar-refractivity contribution in [1.82, 2.24) is 20.4 Å². The van der Waals surface area contributed by atoms with E-state index in [0.29, 0.717) is 13.2 Å². The second-order valence-corrected chi connectivity index (χ2v) is 7.40. The van der Waals surface area contributed by atoms with E-state index in [4.69, 9.17) is 4.74 Å². The van der Waals surface area contributed by atoms with Crippen LogP contribution in [-0.2, 0) is 24.3 Å². The molecule has 0 atom stereocenters. The number of hydrogen-bond acceptors (Lipinski definition) is 3. The summed E-state index contributed by atoms with van der Waals surface area (Å²) in [6.45, 7) is 6.26. The number of aliphatic imine (C=N–C) groups is 1. The molecule has 1 aromatic heterocycles. The number of hydrogen-bond donors (Lipinski definition) is 2. The number of aromatic nitrogens is 2. The van der Waals surface area contributed by atoms with Gasteiger partial charge in [0.05, 0.1) is 18.4 Å². The van der Waals surface area contributed by atoms with E-state index in [1.165, 1.54) is 16.7 Å². The highest BCUT2D eigenvalue weighted by molar-refractivity contribution is 14.0. The molecule has 0 aliphatic rings. The lowest BCUT2D eigenvalue weighted by Gasteiger charge is -2.13. The second kappa shape index (κ2) is 13.1. The van der Waals surface area contributed by atoms with Crippen LogP contribution in [0.2, 0.25) is 0 Å². The third kappa shape index (κ3) is 8.34. The molecule has 1 heterocycles. The number of nitrogens with one attached hydrogen (secondary N) is 2. The molecule has 3 rings (SSSR count). The Morgan fingerprint density at radius 3 is 2.48 bits per heavy atom. The molecule has 166 valence electrons. The highest BCUT2D eigenvalue weighted by atomic mass is 127. The molecule has 0 aliphatic carbocycles. The van der Waals surface area contributed by atoms with Gasteiger partial charge in [-0.3, -0.25) is 4.99 Å².